The van der Waals surface area contributed by atoms with Gasteiger partial charge in [-0.1, -0.05) is 0 Å². The van der Waals surface area contributed by atoms with E-state index in [-0.39, 0.29) is 5.91 Å². The van der Waals surface area contributed by atoms with Crippen LogP contribution in [-0.2, 0) is 0 Å². The van der Waals surface area contributed by atoms with Crippen LogP contribution in [0.2, 0.25) is 0 Å². The summed E-state index contributed by atoms with van der Waals surface area (Å²) < 4.78 is 5.14. The molecule has 24 heavy (non-hydrogen) atoms. The molecule has 0 atom stereocenters. The van der Waals surface area contributed by atoms with Gasteiger partial charge in [-0.2, -0.15) is 4.98 Å². The monoisotopic (exact) mass is 327 g/mol. The van der Waals surface area contributed by atoms with Crippen molar-refractivity contribution in [1.82, 2.24) is 19.9 Å². The summed E-state index contributed by atoms with van der Waals surface area (Å²) in [4.78, 5) is 29.6. The van der Waals surface area contributed by atoms with Crippen molar-refractivity contribution in [1.29, 1.82) is 0 Å². The van der Waals surface area contributed by atoms with E-state index in [0.29, 0.717) is 43.6 Å². The van der Waals surface area contributed by atoms with Crippen LogP contribution in [0.5, 0.6) is 5.88 Å². The van der Waals surface area contributed by atoms with E-state index in [1.54, 1.807) is 19.4 Å². The maximum Gasteiger partial charge on any atom is 0.255 e. The van der Waals surface area contributed by atoms with Crippen molar-refractivity contribution >= 4 is 11.9 Å². The van der Waals surface area contributed by atoms with Crippen LogP contribution < -0.4 is 9.64 Å². The average Bonchev–Trinajstić information content (AvgIpc) is 2.61. The Morgan fingerprint density at radius 1 is 1.08 bits per heavy atom. The molecule has 0 saturated carbocycles. The third-order valence-electron chi connectivity index (χ3n) is 4.13. The van der Waals surface area contributed by atoms with E-state index in [4.69, 9.17) is 4.74 Å². The van der Waals surface area contributed by atoms with Gasteiger partial charge in [0.15, 0.2) is 0 Å². The van der Waals surface area contributed by atoms with Crippen LogP contribution in [0, 0.1) is 13.8 Å². The number of piperazine rings is 1. The van der Waals surface area contributed by atoms with Gasteiger partial charge < -0.3 is 14.5 Å². The number of pyridine rings is 1. The summed E-state index contributed by atoms with van der Waals surface area (Å²) in [7, 11) is 1.58. The molecule has 0 aromatic carbocycles. The van der Waals surface area contributed by atoms with Crippen LogP contribution >= 0.6 is 0 Å². The van der Waals surface area contributed by atoms with E-state index in [9.17, 15) is 4.79 Å². The fourth-order valence-corrected chi connectivity index (χ4v) is 2.79. The summed E-state index contributed by atoms with van der Waals surface area (Å²) in [5, 5.41) is 0. The summed E-state index contributed by atoms with van der Waals surface area (Å²) in [6, 6.07) is 5.45. The minimum atomic E-state index is 0.0335. The van der Waals surface area contributed by atoms with E-state index < -0.39 is 0 Å². The first kappa shape index (κ1) is 16.2. The van der Waals surface area contributed by atoms with E-state index >= 15 is 0 Å². The van der Waals surface area contributed by atoms with E-state index in [1.165, 1.54) is 0 Å². The van der Waals surface area contributed by atoms with E-state index in [0.717, 1.165) is 11.4 Å². The van der Waals surface area contributed by atoms with Gasteiger partial charge in [0.2, 0.25) is 11.8 Å². The second-order valence-corrected chi connectivity index (χ2v) is 5.76. The van der Waals surface area contributed by atoms with Gasteiger partial charge in [-0.15, -0.1) is 0 Å². The zero-order valence-electron chi connectivity index (χ0n) is 14.2. The van der Waals surface area contributed by atoms with Gasteiger partial charge in [0.25, 0.3) is 5.91 Å². The third kappa shape index (κ3) is 3.29. The average molecular weight is 327 g/mol. The van der Waals surface area contributed by atoms with Crippen molar-refractivity contribution in [2.45, 2.75) is 13.8 Å². The largest absolute Gasteiger partial charge is 0.481 e. The Balaban J connectivity index is 1.67. The fourth-order valence-electron chi connectivity index (χ4n) is 2.79. The zero-order chi connectivity index (χ0) is 17.1. The molecule has 2 aromatic heterocycles. The van der Waals surface area contributed by atoms with E-state index in [1.807, 2.05) is 30.9 Å². The number of aromatic nitrogens is 3. The molecule has 7 heteroatoms. The molecule has 1 fully saturated rings. The first-order chi connectivity index (χ1) is 11.6. The maximum atomic E-state index is 12.7. The van der Waals surface area contributed by atoms with Crippen LogP contribution in [-0.4, -0.2) is 59.0 Å². The highest BCUT2D eigenvalue weighted by molar-refractivity contribution is 5.95. The number of carbonyl (C=O) groups is 1. The van der Waals surface area contributed by atoms with E-state index in [2.05, 4.69) is 19.9 Å². The Bertz CT molecular complexity index is 742. The highest BCUT2D eigenvalue weighted by atomic mass is 16.5. The molecule has 1 aliphatic heterocycles. The Morgan fingerprint density at radius 2 is 1.83 bits per heavy atom. The molecule has 1 saturated heterocycles. The summed E-state index contributed by atoms with van der Waals surface area (Å²) in [5.74, 6) is 1.21. The summed E-state index contributed by atoms with van der Waals surface area (Å²) >= 11 is 0. The third-order valence-corrected chi connectivity index (χ3v) is 4.13. The quantitative estimate of drug-likeness (QED) is 0.850. The Kier molecular flexibility index (Phi) is 4.59. The standard InChI is InChI=1S/C17H21N5O2/c1-12-4-5-14(13(2)19-12)16(23)21-8-10-22(11-9-21)17-18-7-6-15(20-17)24-3/h4-7H,8-11H2,1-3H3. The van der Waals surface area contributed by atoms with Crippen LogP contribution in [0.25, 0.3) is 0 Å². The number of amides is 1. The summed E-state index contributed by atoms with van der Waals surface area (Å²) in [6.07, 6.45) is 1.68. The molecule has 126 valence electrons. The normalized spacial score (nSPS) is 14.6. The Hall–Kier alpha value is -2.70. The van der Waals surface area contributed by atoms with Crippen molar-refractivity contribution in [2.75, 3.05) is 38.2 Å². The van der Waals surface area contributed by atoms with Gasteiger partial charge in [-0.05, 0) is 26.0 Å². The van der Waals surface area contributed by atoms with Crippen molar-refractivity contribution in [3.8, 4) is 5.88 Å². The van der Waals surface area contributed by atoms with Crippen LogP contribution in [0.4, 0.5) is 5.95 Å². The molecule has 7 nitrogen and oxygen atoms in total. The minimum absolute atomic E-state index is 0.0335. The molecule has 2 aromatic rings. The predicted octanol–water partition coefficient (Wildman–Crippen LogP) is 1.46. The molecule has 0 N–H and O–H groups in total. The highest BCUT2D eigenvalue weighted by Crippen LogP contribution is 2.16. The van der Waals surface area contributed by atoms with Gasteiger partial charge in [0.1, 0.15) is 0 Å². The molecule has 0 spiro atoms. The predicted molar refractivity (Wildman–Crippen MR) is 90.4 cm³/mol. The van der Waals surface area contributed by atoms with Crippen molar-refractivity contribution < 1.29 is 9.53 Å². The number of ether oxygens (including phenoxy) is 1. The number of anilines is 1. The number of aryl methyl sites for hydroxylation is 2. The first-order valence-electron chi connectivity index (χ1n) is 7.94. The molecular weight excluding hydrogens is 306 g/mol. The molecule has 1 amide bonds. The fraction of sp³-hybridized carbons (Fsp3) is 0.412. The summed E-state index contributed by atoms with van der Waals surface area (Å²) in [6.45, 7) is 6.45. The number of rotatable bonds is 3. The van der Waals surface area contributed by atoms with Crippen LogP contribution in [0.1, 0.15) is 21.7 Å². The lowest BCUT2D eigenvalue weighted by molar-refractivity contribution is 0.0745. The molecule has 3 heterocycles. The SMILES string of the molecule is COc1ccnc(N2CCN(C(=O)c3ccc(C)nc3C)CC2)n1. The maximum absolute atomic E-state index is 12.7. The van der Waals surface area contributed by atoms with Crippen LogP contribution in [0.15, 0.2) is 24.4 Å². The van der Waals surface area contributed by atoms with Gasteiger partial charge >= 0.3 is 0 Å². The van der Waals surface area contributed by atoms with Crippen molar-refractivity contribution in [3.63, 3.8) is 0 Å². The van der Waals surface area contributed by atoms with Crippen molar-refractivity contribution in [2.24, 2.45) is 0 Å². The summed E-state index contributed by atoms with van der Waals surface area (Å²) in [5.41, 5.74) is 2.37. The second kappa shape index (κ2) is 6.82. The lowest BCUT2D eigenvalue weighted by atomic mass is 10.1. The molecule has 0 radical (unpaired) electrons. The van der Waals surface area contributed by atoms with Gasteiger partial charge in [0, 0.05) is 44.1 Å². The van der Waals surface area contributed by atoms with Gasteiger partial charge in [-0.3, -0.25) is 9.78 Å². The smallest absolute Gasteiger partial charge is 0.255 e. The number of hydrogen-bond donors (Lipinski definition) is 0. The molecule has 3 rings (SSSR count). The topological polar surface area (TPSA) is 71.5 Å². The lowest BCUT2D eigenvalue weighted by Crippen LogP contribution is -2.49. The number of hydrogen-bond acceptors (Lipinski definition) is 6. The van der Waals surface area contributed by atoms with Crippen molar-refractivity contribution in [3.05, 3.63) is 41.3 Å². The highest BCUT2D eigenvalue weighted by Gasteiger charge is 2.24. The molecule has 0 aliphatic carbocycles. The molecular formula is C17H21N5O2. The molecule has 0 bridgehead atoms. The van der Waals surface area contributed by atoms with Gasteiger partial charge in [0.05, 0.1) is 18.4 Å². The molecule has 0 unspecified atom stereocenters. The lowest BCUT2D eigenvalue weighted by Gasteiger charge is -2.34. The number of methoxy groups -OCH3 is 1. The van der Waals surface area contributed by atoms with Gasteiger partial charge in [-0.25, -0.2) is 4.98 Å². The first-order valence-corrected chi connectivity index (χ1v) is 7.94. The molecule has 1 aliphatic rings. The van der Waals surface area contributed by atoms with Crippen LogP contribution in [0.3, 0.4) is 0 Å². The Labute approximate surface area is 141 Å². The Morgan fingerprint density at radius 3 is 2.50 bits per heavy atom. The second-order valence-electron chi connectivity index (χ2n) is 5.76. The number of nitrogens with zero attached hydrogens (tertiary/aromatic N) is 5. The zero-order valence-corrected chi connectivity index (χ0v) is 14.2. The number of carbonyl (C=O) groups excluding carboxylic acids is 1. The minimum Gasteiger partial charge on any atom is -0.481 e.